The lowest BCUT2D eigenvalue weighted by atomic mass is 9.80. The lowest BCUT2D eigenvalue weighted by Crippen LogP contribution is -2.25. The molecule has 0 atom stereocenters. The largest absolute Gasteiger partial charge is 0.298 e. The summed E-state index contributed by atoms with van der Waals surface area (Å²) in [7, 11) is 0. The number of hydrogen-bond acceptors (Lipinski definition) is 2. The smallest absolute Gasteiger partial charge is 0.153 e. The summed E-state index contributed by atoms with van der Waals surface area (Å²) in [6.07, 6.45) is 2.60. The first-order valence-corrected chi connectivity index (χ1v) is 6.98. The summed E-state index contributed by atoms with van der Waals surface area (Å²) in [6.45, 7) is 10.1. The first-order chi connectivity index (χ1) is 9.66. The van der Waals surface area contributed by atoms with Crippen LogP contribution in [0.3, 0.4) is 0 Å². The van der Waals surface area contributed by atoms with Crippen LogP contribution in [0.1, 0.15) is 56.2 Å². The van der Waals surface area contributed by atoms with Crippen LogP contribution in [-0.2, 0) is 11.0 Å². The van der Waals surface area contributed by atoms with E-state index in [0.29, 0.717) is 11.3 Å². The molecule has 0 aliphatic carbocycles. The molecule has 0 bridgehead atoms. The second-order valence-electron chi connectivity index (χ2n) is 6.80. The van der Waals surface area contributed by atoms with Crippen LogP contribution in [0.5, 0.6) is 0 Å². The lowest BCUT2D eigenvalue weighted by molar-refractivity contribution is 0.112. The average molecular weight is 288 g/mol. The highest BCUT2D eigenvalue weighted by Gasteiger charge is 2.30. The highest BCUT2D eigenvalue weighted by Crippen LogP contribution is 2.33. The van der Waals surface area contributed by atoms with Gasteiger partial charge in [-0.3, -0.25) is 9.48 Å². The van der Waals surface area contributed by atoms with Crippen LogP contribution >= 0.6 is 0 Å². The highest BCUT2D eigenvalue weighted by atomic mass is 19.1. The normalized spacial score (nSPS) is 12.5. The molecular formula is C17H21FN2O. The number of nitrogens with zero attached hydrogens (tertiary/aromatic N) is 2. The molecular weight excluding hydrogens is 267 g/mol. The number of rotatable bonds is 3. The molecule has 0 aliphatic rings. The summed E-state index contributed by atoms with van der Waals surface area (Å²) in [6, 6.07) is 6.33. The Balaban J connectivity index is 2.56. The Morgan fingerprint density at radius 1 is 1.10 bits per heavy atom. The third-order valence-electron chi connectivity index (χ3n) is 3.71. The number of hydrogen-bond donors (Lipinski definition) is 0. The number of carbonyl (C=O) groups is 1. The van der Waals surface area contributed by atoms with Gasteiger partial charge in [-0.1, -0.05) is 26.0 Å². The zero-order chi connectivity index (χ0) is 15.8. The van der Waals surface area contributed by atoms with Crippen molar-refractivity contribution in [1.82, 2.24) is 9.78 Å². The summed E-state index contributed by atoms with van der Waals surface area (Å²) < 4.78 is 14.9. The topological polar surface area (TPSA) is 34.9 Å². The molecule has 0 N–H and O–H groups in total. The molecule has 112 valence electrons. The maximum atomic E-state index is 13.1. The quantitative estimate of drug-likeness (QED) is 0.802. The minimum atomic E-state index is -0.472. The molecule has 0 unspecified atom stereocenters. The fourth-order valence-corrected chi connectivity index (χ4v) is 2.31. The first-order valence-electron chi connectivity index (χ1n) is 6.98. The Morgan fingerprint density at radius 2 is 1.67 bits per heavy atom. The predicted molar refractivity (Wildman–Crippen MR) is 81.1 cm³/mol. The zero-order valence-electron chi connectivity index (χ0n) is 13.1. The molecule has 0 amide bonds. The number of carbonyl (C=O) groups excluding carboxylic acids is 1. The van der Waals surface area contributed by atoms with Crippen LogP contribution in [0.15, 0.2) is 30.5 Å². The molecule has 0 aliphatic heterocycles. The monoisotopic (exact) mass is 288 g/mol. The number of aldehydes is 1. The van der Waals surface area contributed by atoms with Crippen molar-refractivity contribution in [3.63, 3.8) is 0 Å². The van der Waals surface area contributed by atoms with Gasteiger partial charge in [-0.15, -0.1) is 0 Å². The Labute approximate surface area is 124 Å². The number of halogens is 1. The van der Waals surface area contributed by atoms with Crippen molar-refractivity contribution < 1.29 is 9.18 Å². The fraction of sp³-hybridized carbons (Fsp3) is 0.412. The van der Waals surface area contributed by atoms with Gasteiger partial charge in [-0.2, -0.15) is 5.10 Å². The van der Waals surface area contributed by atoms with E-state index < -0.39 is 5.41 Å². The van der Waals surface area contributed by atoms with Crippen LogP contribution in [0.4, 0.5) is 4.39 Å². The van der Waals surface area contributed by atoms with Gasteiger partial charge < -0.3 is 0 Å². The molecule has 2 aromatic rings. The molecule has 1 heterocycles. The number of aromatic nitrogens is 2. The van der Waals surface area contributed by atoms with Gasteiger partial charge in [-0.25, -0.2) is 4.39 Å². The fourth-order valence-electron chi connectivity index (χ4n) is 2.31. The van der Waals surface area contributed by atoms with E-state index in [1.54, 1.807) is 23.0 Å². The summed E-state index contributed by atoms with van der Waals surface area (Å²) in [4.78, 5) is 11.4. The number of benzene rings is 1. The Bertz CT molecular complexity index is 648. The van der Waals surface area contributed by atoms with Gasteiger partial charge in [0.2, 0.25) is 0 Å². The van der Waals surface area contributed by atoms with Crippen molar-refractivity contribution in [3.05, 3.63) is 53.1 Å². The molecule has 0 radical (unpaired) electrons. The third-order valence-corrected chi connectivity index (χ3v) is 3.71. The van der Waals surface area contributed by atoms with E-state index in [4.69, 9.17) is 0 Å². The van der Waals surface area contributed by atoms with Crippen LogP contribution < -0.4 is 0 Å². The van der Waals surface area contributed by atoms with Crippen LogP contribution in [0.25, 0.3) is 0 Å². The van der Waals surface area contributed by atoms with Crippen molar-refractivity contribution in [3.8, 4) is 0 Å². The van der Waals surface area contributed by atoms with Crippen molar-refractivity contribution in [2.24, 2.45) is 0 Å². The SMILES string of the molecule is CC(C)(c1ccc(F)cc1)c1nn(C(C)(C)C)cc1C=O. The van der Waals surface area contributed by atoms with E-state index in [-0.39, 0.29) is 11.4 Å². The van der Waals surface area contributed by atoms with Gasteiger partial charge >= 0.3 is 0 Å². The Hall–Kier alpha value is -1.97. The first kappa shape index (κ1) is 15.4. The maximum absolute atomic E-state index is 13.1. The Morgan fingerprint density at radius 3 is 2.14 bits per heavy atom. The summed E-state index contributed by atoms with van der Waals surface area (Å²) >= 11 is 0. The molecule has 0 saturated carbocycles. The molecule has 0 spiro atoms. The van der Waals surface area contributed by atoms with Gasteiger partial charge in [-0.05, 0) is 38.5 Å². The lowest BCUT2D eigenvalue weighted by Gasteiger charge is -2.25. The standard InChI is InChI=1S/C17H21FN2O/c1-16(2,3)20-10-12(11-21)15(19-20)17(4,5)13-6-8-14(18)9-7-13/h6-11H,1-5H3. The van der Waals surface area contributed by atoms with Crippen LogP contribution in [0, 0.1) is 5.82 Å². The van der Waals surface area contributed by atoms with Gasteiger partial charge in [0.05, 0.1) is 16.8 Å². The average Bonchev–Trinajstić information content (AvgIpc) is 2.84. The second kappa shape index (κ2) is 5.10. The molecule has 1 aromatic heterocycles. The van der Waals surface area contributed by atoms with Crippen molar-refractivity contribution in [1.29, 1.82) is 0 Å². The third kappa shape index (κ3) is 2.89. The second-order valence-corrected chi connectivity index (χ2v) is 6.80. The van der Waals surface area contributed by atoms with Gasteiger partial charge in [0.1, 0.15) is 5.82 Å². The molecule has 1 aromatic carbocycles. The van der Waals surface area contributed by atoms with Crippen LogP contribution in [-0.4, -0.2) is 16.1 Å². The molecule has 2 rings (SSSR count). The van der Waals surface area contributed by atoms with Gasteiger partial charge in [0, 0.05) is 11.6 Å². The zero-order valence-corrected chi connectivity index (χ0v) is 13.1. The van der Waals surface area contributed by atoms with E-state index in [9.17, 15) is 9.18 Å². The van der Waals surface area contributed by atoms with E-state index in [1.807, 2.05) is 34.6 Å². The van der Waals surface area contributed by atoms with E-state index in [1.165, 1.54) is 12.1 Å². The molecule has 3 nitrogen and oxygen atoms in total. The Kier molecular flexibility index (Phi) is 3.74. The van der Waals surface area contributed by atoms with E-state index >= 15 is 0 Å². The van der Waals surface area contributed by atoms with Crippen molar-refractivity contribution >= 4 is 6.29 Å². The predicted octanol–water partition coefficient (Wildman–Crippen LogP) is 3.92. The summed E-state index contributed by atoms with van der Waals surface area (Å²) in [5.41, 5.74) is 1.53. The molecule has 0 fully saturated rings. The molecule has 21 heavy (non-hydrogen) atoms. The minimum Gasteiger partial charge on any atom is -0.298 e. The maximum Gasteiger partial charge on any atom is 0.153 e. The van der Waals surface area contributed by atoms with E-state index in [2.05, 4.69) is 5.10 Å². The summed E-state index contributed by atoms with van der Waals surface area (Å²) in [5, 5.41) is 4.61. The van der Waals surface area contributed by atoms with Crippen molar-refractivity contribution in [2.75, 3.05) is 0 Å². The van der Waals surface area contributed by atoms with Crippen LogP contribution in [0.2, 0.25) is 0 Å². The van der Waals surface area contributed by atoms with E-state index in [0.717, 1.165) is 11.8 Å². The highest BCUT2D eigenvalue weighted by molar-refractivity contribution is 5.77. The minimum absolute atomic E-state index is 0.200. The van der Waals surface area contributed by atoms with Crippen molar-refractivity contribution in [2.45, 2.75) is 45.6 Å². The summed E-state index contributed by atoms with van der Waals surface area (Å²) in [5.74, 6) is -0.273. The van der Waals surface area contributed by atoms with Gasteiger partial charge in [0.15, 0.2) is 6.29 Å². The molecule has 4 heteroatoms. The van der Waals surface area contributed by atoms with Gasteiger partial charge in [0.25, 0.3) is 0 Å². The molecule has 0 saturated heterocycles.